The normalized spacial score (nSPS) is 16.2. The highest BCUT2D eigenvalue weighted by Gasteiger charge is 2.23. The zero-order valence-electron chi connectivity index (χ0n) is 11.7. The number of nitrogens with one attached hydrogen (secondary N) is 2. The lowest BCUT2D eigenvalue weighted by Crippen LogP contribution is -2.47. The summed E-state index contributed by atoms with van der Waals surface area (Å²) in [6.07, 6.45) is 1.81. The van der Waals surface area contributed by atoms with Crippen LogP contribution < -0.4 is 10.0 Å². The topological polar surface area (TPSA) is 78.5 Å². The van der Waals surface area contributed by atoms with Gasteiger partial charge in [-0.25, -0.2) is 13.1 Å². The second-order valence-corrected chi connectivity index (χ2v) is 7.68. The van der Waals surface area contributed by atoms with Crippen LogP contribution in [0.3, 0.4) is 0 Å². The van der Waals surface area contributed by atoms with Crippen LogP contribution in [-0.4, -0.2) is 51.9 Å². The number of rotatable bonds is 5. The van der Waals surface area contributed by atoms with Crippen LogP contribution in [-0.2, 0) is 14.8 Å². The second-order valence-electron chi connectivity index (χ2n) is 4.74. The average molecular weight is 354 g/mol. The van der Waals surface area contributed by atoms with Crippen LogP contribution in [0.2, 0.25) is 0 Å². The Labute approximate surface area is 135 Å². The first-order chi connectivity index (χ1) is 9.50. The van der Waals surface area contributed by atoms with E-state index in [1.54, 1.807) is 23.4 Å². The van der Waals surface area contributed by atoms with E-state index in [2.05, 4.69) is 10.0 Å². The van der Waals surface area contributed by atoms with Gasteiger partial charge in [0.05, 0.1) is 6.54 Å². The standard InChI is InChI=1S/C12H19N3O3S2.ClH/c1-15(10-4-6-13-7-5-10)11(16)9-14-20(17,18)12-3-2-8-19-12;/h2-3,8,10,13-14H,4-7,9H2,1H3;1H. The van der Waals surface area contributed by atoms with Crippen molar-refractivity contribution in [1.82, 2.24) is 14.9 Å². The highest BCUT2D eigenvalue weighted by molar-refractivity contribution is 7.91. The molecule has 9 heteroatoms. The molecule has 1 fully saturated rings. The third-order valence-corrected chi connectivity index (χ3v) is 6.22. The van der Waals surface area contributed by atoms with Gasteiger partial charge in [-0.2, -0.15) is 0 Å². The minimum absolute atomic E-state index is 0. The number of amides is 1. The van der Waals surface area contributed by atoms with Crippen LogP contribution in [0.15, 0.2) is 21.7 Å². The van der Waals surface area contributed by atoms with Crippen molar-refractivity contribution in [2.75, 3.05) is 26.7 Å². The summed E-state index contributed by atoms with van der Waals surface area (Å²) in [4.78, 5) is 13.7. The molecule has 1 saturated heterocycles. The van der Waals surface area contributed by atoms with Crippen molar-refractivity contribution in [3.63, 3.8) is 0 Å². The third kappa shape index (κ3) is 4.93. The lowest BCUT2D eigenvalue weighted by molar-refractivity contribution is -0.131. The molecule has 1 amide bonds. The fourth-order valence-electron chi connectivity index (χ4n) is 2.17. The average Bonchev–Trinajstić information content (AvgIpc) is 3.00. The van der Waals surface area contributed by atoms with Crippen molar-refractivity contribution in [2.24, 2.45) is 0 Å². The molecule has 0 bridgehead atoms. The lowest BCUT2D eigenvalue weighted by atomic mass is 10.1. The van der Waals surface area contributed by atoms with Gasteiger partial charge < -0.3 is 10.2 Å². The summed E-state index contributed by atoms with van der Waals surface area (Å²) >= 11 is 1.13. The van der Waals surface area contributed by atoms with E-state index in [0.29, 0.717) is 0 Å². The monoisotopic (exact) mass is 353 g/mol. The van der Waals surface area contributed by atoms with Gasteiger partial charge >= 0.3 is 0 Å². The van der Waals surface area contributed by atoms with Crippen molar-refractivity contribution in [3.05, 3.63) is 17.5 Å². The molecule has 0 saturated carbocycles. The quantitative estimate of drug-likeness (QED) is 0.815. The van der Waals surface area contributed by atoms with Gasteiger partial charge in [-0.15, -0.1) is 23.7 Å². The zero-order chi connectivity index (χ0) is 14.6. The van der Waals surface area contributed by atoms with Crippen molar-refractivity contribution < 1.29 is 13.2 Å². The minimum atomic E-state index is -3.57. The molecule has 1 aromatic rings. The van der Waals surface area contributed by atoms with Crippen molar-refractivity contribution in [1.29, 1.82) is 0 Å². The summed E-state index contributed by atoms with van der Waals surface area (Å²) in [6.45, 7) is 1.59. The number of likely N-dealkylation sites (N-methyl/N-ethyl adjacent to an activating group) is 1. The van der Waals surface area contributed by atoms with E-state index in [-0.39, 0.29) is 35.1 Å². The third-order valence-electron chi connectivity index (χ3n) is 3.42. The Bertz CT molecular complexity index is 542. The summed E-state index contributed by atoms with van der Waals surface area (Å²) in [5.41, 5.74) is 0. The molecule has 0 aromatic carbocycles. The molecule has 6 nitrogen and oxygen atoms in total. The van der Waals surface area contributed by atoms with Gasteiger partial charge in [-0.05, 0) is 37.4 Å². The molecular weight excluding hydrogens is 334 g/mol. The Kier molecular flexibility index (Phi) is 7.08. The maximum atomic E-state index is 12.0. The molecule has 0 radical (unpaired) electrons. The highest BCUT2D eigenvalue weighted by Crippen LogP contribution is 2.15. The molecule has 2 rings (SSSR count). The predicted octanol–water partition coefficient (Wildman–Crippen LogP) is 0.659. The van der Waals surface area contributed by atoms with Crippen molar-refractivity contribution in [3.8, 4) is 0 Å². The van der Waals surface area contributed by atoms with Gasteiger partial charge in [0.15, 0.2) is 0 Å². The van der Waals surface area contributed by atoms with Gasteiger partial charge in [0.2, 0.25) is 5.91 Å². The Morgan fingerprint density at radius 2 is 2.14 bits per heavy atom. The van der Waals surface area contributed by atoms with Crippen LogP contribution >= 0.6 is 23.7 Å². The highest BCUT2D eigenvalue weighted by atomic mass is 35.5. The predicted molar refractivity (Wildman–Crippen MR) is 85.4 cm³/mol. The Balaban J connectivity index is 0.00000220. The van der Waals surface area contributed by atoms with Crippen LogP contribution in [0.25, 0.3) is 0 Å². The first-order valence-electron chi connectivity index (χ1n) is 6.50. The molecule has 0 spiro atoms. The molecule has 2 heterocycles. The summed E-state index contributed by atoms with van der Waals surface area (Å²) in [6, 6.07) is 3.38. The number of thiophene rings is 1. The van der Waals surface area contributed by atoms with Gasteiger partial charge in [-0.1, -0.05) is 6.07 Å². The summed E-state index contributed by atoms with van der Waals surface area (Å²) in [7, 11) is -1.83. The van der Waals surface area contributed by atoms with Gasteiger partial charge in [0, 0.05) is 13.1 Å². The molecule has 1 aliphatic rings. The minimum Gasteiger partial charge on any atom is -0.342 e. The summed E-state index contributed by atoms with van der Waals surface area (Å²) < 4.78 is 26.4. The number of sulfonamides is 1. The first-order valence-corrected chi connectivity index (χ1v) is 8.86. The molecule has 0 unspecified atom stereocenters. The maximum Gasteiger partial charge on any atom is 0.250 e. The number of piperidine rings is 1. The van der Waals surface area contributed by atoms with Crippen LogP contribution in [0.1, 0.15) is 12.8 Å². The zero-order valence-corrected chi connectivity index (χ0v) is 14.2. The van der Waals surface area contributed by atoms with E-state index in [4.69, 9.17) is 0 Å². The number of nitrogens with zero attached hydrogens (tertiary/aromatic N) is 1. The van der Waals surface area contributed by atoms with Crippen LogP contribution in [0.5, 0.6) is 0 Å². The van der Waals surface area contributed by atoms with E-state index in [9.17, 15) is 13.2 Å². The van der Waals surface area contributed by atoms with Crippen LogP contribution in [0.4, 0.5) is 0 Å². The Morgan fingerprint density at radius 1 is 1.48 bits per heavy atom. The maximum absolute atomic E-state index is 12.0. The van der Waals surface area contributed by atoms with E-state index in [1.165, 1.54) is 6.07 Å². The van der Waals surface area contributed by atoms with E-state index in [1.807, 2.05) is 0 Å². The fourth-order valence-corrected chi connectivity index (χ4v) is 4.18. The molecule has 0 atom stereocenters. The first kappa shape index (κ1) is 18.4. The Morgan fingerprint density at radius 3 is 2.71 bits per heavy atom. The number of carbonyl (C=O) groups excluding carboxylic acids is 1. The number of halogens is 1. The van der Waals surface area contributed by atoms with E-state index in [0.717, 1.165) is 37.3 Å². The molecule has 120 valence electrons. The molecule has 0 aliphatic carbocycles. The Hall–Kier alpha value is -0.670. The molecular formula is C12H20ClN3O3S2. The summed E-state index contributed by atoms with van der Waals surface area (Å²) in [5, 5.41) is 4.93. The number of carbonyl (C=O) groups is 1. The lowest BCUT2D eigenvalue weighted by Gasteiger charge is -2.31. The van der Waals surface area contributed by atoms with Gasteiger partial charge in [-0.3, -0.25) is 4.79 Å². The van der Waals surface area contributed by atoms with E-state index >= 15 is 0 Å². The van der Waals surface area contributed by atoms with Gasteiger partial charge in [0.25, 0.3) is 10.0 Å². The summed E-state index contributed by atoms with van der Waals surface area (Å²) in [5.74, 6) is -0.197. The fraction of sp³-hybridized carbons (Fsp3) is 0.583. The smallest absolute Gasteiger partial charge is 0.250 e. The van der Waals surface area contributed by atoms with Gasteiger partial charge in [0.1, 0.15) is 4.21 Å². The number of hydrogen-bond acceptors (Lipinski definition) is 5. The largest absolute Gasteiger partial charge is 0.342 e. The number of hydrogen-bond donors (Lipinski definition) is 2. The SMILES string of the molecule is CN(C(=O)CNS(=O)(=O)c1cccs1)C1CCNCC1.Cl. The van der Waals surface area contributed by atoms with Crippen molar-refractivity contribution >= 4 is 39.7 Å². The molecule has 1 aliphatic heterocycles. The second kappa shape index (κ2) is 8.09. The molecule has 2 N–H and O–H groups in total. The molecule has 21 heavy (non-hydrogen) atoms. The van der Waals surface area contributed by atoms with Crippen LogP contribution in [0, 0.1) is 0 Å². The van der Waals surface area contributed by atoms with E-state index < -0.39 is 10.0 Å². The molecule has 1 aromatic heterocycles. The van der Waals surface area contributed by atoms with Crippen molar-refractivity contribution in [2.45, 2.75) is 23.1 Å².